The molecule has 0 N–H and O–H groups in total. The van der Waals surface area contributed by atoms with Crippen molar-refractivity contribution < 1.29 is 22.7 Å². The molecular weight excluding hydrogens is 382 g/mol. The Hall–Kier alpha value is -1.84. The number of nitrogens with zero attached hydrogens (tertiary/aromatic N) is 3. The summed E-state index contributed by atoms with van der Waals surface area (Å²) in [5.74, 6) is 0.757. The van der Waals surface area contributed by atoms with Gasteiger partial charge in [0.1, 0.15) is 18.0 Å². The zero-order valence-electron chi connectivity index (χ0n) is 16.9. The number of fused-ring (bicyclic) bond motifs is 1. The smallest absolute Gasteiger partial charge is 0.410 e. The average molecular weight is 412 g/mol. The molecule has 156 valence electrons. The van der Waals surface area contributed by atoms with Crippen LogP contribution in [0.15, 0.2) is 24.3 Å². The number of hydrogen-bond donors (Lipinski definition) is 0. The highest BCUT2D eigenvalue weighted by Gasteiger charge is 2.47. The Morgan fingerprint density at radius 2 is 1.89 bits per heavy atom. The number of para-hydroxylation sites is 1. The second-order valence-electron chi connectivity index (χ2n) is 8.17. The fourth-order valence-electron chi connectivity index (χ4n) is 3.44. The Morgan fingerprint density at radius 1 is 1.18 bits per heavy atom. The first-order chi connectivity index (χ1) is 13.1. The molecule has 9 heteroatoms. The molecule has 2 saturated heterocycles. The molecule has 1 aromatic carbocycles. The van der Waals surface area contributed by atoms with Crippen LogP contribution >= 0.6 is 0 Å². The van der Waals surface area contributed by atoms with Gasteiger partial charge in [0.15, 0.2) is 0 Å². The summed E-state index contributed by atoms with van der Waals surface area (Å²) in [4.78, 5) is 13.9. The lowest BCUT2D eigenvalue weighted by atomic mass is 10.2. The monoisotopic (exact) mass is 411 g/mol. The molecule has 0 unspecified atom stereocenters. The average Bonchev–Trinajstić information content (AvgIpc) is 2.85. The molecule has 2 heterocycles. The highest BCUT2D eigenvalue weighted by molar-refractivity contribution is 7.87. The van der Waals surface area contributed by atoms with Gasteiger partial charge in [-0.15, -0.1) is 0 Å². The topological polar surface area (TPSA) is 79.4 Å². The van der Waals surface area contributed by atoms with Gasteiger partial charge in [0.25, 0.3) is 10.2 Å². The quantitative estimate of drug-likeness (QED) is 0.756. The van der Waals surface area contributed by atoms with Crippen molar-refractivity contribution in [1.82, 2.24) is 13.5 Å². The summed E-state index contributed by atoms with van der Waals surface area (Å²) >= 11 is 0. The lowest BCUT2D eigenvalue weighted by Crippen LogP contribution is -2.54. The molecule has 2 aliphatic rings. The van der Waals surface area contributed by atoms with Crippen molar-refractivity contribution in [3.05, 3.63) is 29.8 Å². The Kier molecular flexibility index (Phi) is 5.88. The lowest BCUT2D eigenvalue weighted by molar-refractivity contribution is 0.0145. The number of carbonyl (C=O) groups excluding carboxylic acids is 1. The molecule has 0 saturated carbocycles. The van der Waals surface area contributed by atoms with Gasteiger partial charge >= 0.3 is 6.09 Å². The van der Waals surface area contributed by atoms with E-state index in [1.807, 2.05) is 52.0 Å². The van der Waals surface area contributed by atoms with Crippen LogP contribution in [0.4, 0.5) is 4.79 Å². The summed E-state index contributed by atoms with van der Waals surface area (Å²) in [7, 11) is -3.53. The predicted molar refractivity (Wildman–Crippen MR) is 105 cm³/mol. The normalized spacial score (nSPS) is 22.7. The van der Waals surface area contributed by atoms with E-state index in [2.05, 4.69) is 0 Å². The number of benzene rings is 1. The molecule has 0 spiro atoms. The number of aryl methyl sites for hydroxylation is 1. The first-order valence-corrected chi connectivity index (χ1v) is 10.9. The maximum atomic E-state index is 12.8. The molecule has 0 radical (unpaired) electrons. The van der Waals surface area contributed by atoms with E-state index in [1.54, 1.807) is 4.90 Å². The SMILES string of the molecule is Cc1ccccc1OCCN1C[C@@H]2CN(C(=O)OC(C)(C)C)CCN2S1(=O)=O. The Labute approximate surface area is 167 Å². The maximum absolute atomic E-state index is 12.8. The third-order valence-electron chi connectivity index (χ3n) is 4.81. The van der Waals surface area contributed by atoms with Crippen molar-refractivity contribution in [3.8, 4) is 5.75 Å². The van der Waals surface area contributed by atoms with Gasteiger partial charge in [0, 0.05) is 32.7 Å². The molecule has 0 aromatic heterocycles. The van der Waals surface area contributed by atoms with Gasteiger partial charge in [-0.2, -0.15) is 17.0 Å². The first kappa shape index (κ1) is 20.9. The molecule has 1 amide bonds. The van der Waals surface area contributed by atoms with E-state index in [1.165, 1.54) is 8.61 Å². The predicted octanol–water partition coefficient (Wildman–Crippen LogP) is 1.86. The number of carbonyl (C=O) groups is 1. The third kappa shape index (κ3) is 4.59. The fraction of sp³-hybridized carbons (Fsp3) is 0.632. The molecule has 0 bridgehead atoms. The number of amides is 1. The van der Waals surface area contributed by atoms with Crippen molar-refractivity contribution in [2.75, 3.05) is 39.3 Å². The van der Waals surface area contributed by atoms with Crippen LogP contribution in [-0.2, 0) is 14.9 Å². The summed E-state index contributed by atoms with van der Waals surface area (Å²) in [6.45, 7) is 9.25. The first-order valence-electron chi connectivity index (χ1n) is 9.51. The van der Waals surface area contributed by atoms with Crippen LogP contribution in [0.5, 0.6) is 5.75 Å². The van der Waals surface area contributed by atoms with Gasteiger partial charge in [-0.1, -0.05) is 18.2 Å². The van der Waals surface area contributed by atoms with E-state index < -0.39 is 21.9 Å². The maximum Gasteiger partial charge on any atom is 0.410 e. The minimum Gasteiger partial charge on any atom is -0.492 e. The number of ether oxygens (including phenoxy) is 2. The van der Waals surface area contributed by atoms with E-state index in [0.717, 1.165) is 11.3 Å². The van der Waals surface area contributed by atoms with Crippen molar-refractivity contribution in [1.29, 1.82) is 0 Å². The van der Waals surface area contributed by atoms with Crippen molar-refractivity contribution in [2.24, 2.45) is 0 Å². The highest BCUT2D eigenvalue weighted by Crippen LogP contribution is 2.27. The van der Waals surface area contributed by atoms with Crippen molar-refractivity contribution >= 4 is 16.3 Å². The fourth-order valence-corrected chi connectivity index (χ4v) is 5.23. The van der Waals surface area contributed by atoms with Crippen molar-refractivity contribution in [3.63, 3.8) is 0 Å². The number of rotatable bonds is 4. The summed E-state index contributed by atoms with van der Waals surface area (Å²) in [5.41, 5.74) is 0.437. The van der Waals surface area contributed by atoms with Crippen LogP contribution in [0.25, 0.3) is 0 Å². The van der Waals surface area contributed by atoms with Crippen LogP contribution in [0.2, 0.25) is 0 Å². The number of piperazine rings is 1. The summed E-state index contributed by atoms with van der Waals surface area (Å²) in [6, 6.07) is 7.38. The van der Waals surface area contributed by atoms with Crippen LogP contribution in [-0.4, -0.2) is 79.0 Å². The molecule has 28 heavy (non-hydrogen) atoms. The molecule has 1 aromatic rings. The molecule has 1 atom stereocenters. The summed E-state index contributed by atoms with van der Waals surface area (Å²) in [5, 5.41) is 0. The minimum absolute atomic E-state index is 0.260. The van der Waals surface area contributed by atoms with Crippen LogP contribution in [0.3, 0.4) is 0 Å². The van der Waals surface area contributed by atoms with Gasteiger partial charge < -0.3 is 14.4 Å². The summed E-state index contributed by atoms with van der Waals surface area (Å²) < 4.78 is 39.7. The van der Waals surface area contributed by atoms with Gasteiger partial charge in [0.2, 0.25) is 0 Å². The molecular formula is C19H29N3O5S. The third-order valence-corrected chi connectivity index (χ3v) is 6.87. The van der Waals surface area contributed by atoms with E-state index in [0.29, 0.717) is 19.6 Å². The minimum atomic E-state index is -3.53. The van der Waals surface area contributed by atoms with Gasteiger partial charge in [-0.3, -0.25) is 0 Å². The van der Waals surface area contributed by atoms with Gasteiger partial charge in [-0.05, 0) is 39.3 Å². The molecule has 2 fully saturated rings. The second kappa shape index (κ2) is 7.88. The Bertz CT molecular complexity index is 821. The van der Waals surface area contributed by atoms with Crippen LogP contribution in [0.1, 0.15) is 26.3 Å². The van der Waals surface area contributed by atoms with Crippen LogP contribution < -0.4 is 4.74 Å². The van der Waals surface area contributed by atoms with Gasteiger partial charge in [0.05, 0.1) is 6.04 Å². The zero-order valence-corrected chi connectivity index (χ0v) is 17.7. The van der Waals surface area contributed by atoms with Crippen molar-refractivity contribution in [2.45, 2.75) is 39.3 Å². The molecule has 2 aliphatic heterocycles. The largest absolute Gasteiger partial charge is 0.492 e. The van der Waals surface area contributed by atoms with E-state index >= 15 is 0 Å². The molecule has 8 nitrogen and oxygen atoms in total. The van der Waals surface area contributed by atoms with E-state index in [4.69, 9.17) is 9.47 Å². The molecule has 3 rings (SSSR count). The number of hydrogen-bond acceptors (Lipinski definition) is 5. The Morgan fingerprint density at radius 3 is 2.57 bits per heavy atom. The summed E-state index contributed by atoms with van der Waals surface area (Å²) in [6.07, 6.45) is -0.397. The zero-order chi connectivity index (χ0) is 20.5. The lowest BCUT2D eigenvalue weighted by Gasteiger charge is -2.36. The second-order valence-corrected chi connectivity index (χ2v) is 10.1. The van der Waals surface area contributed by atoms with E-state index in [9.17, 15) is 13.2 Å². The molecule has 0 aliphatic carbocycles. The standard InChI is InChI=1S/C19H29N3O5S/c1-15-7-5-6-8-17(15)26-12-11-21-14-16-13-20(18(23)27-19(2,3)4)9-10-22(16)28(21,24)25/h5-8,16H,9-14H2,1-4H3/t16-/m0/s1. The Balaban J connectivity index is 1.58. The van der Waals surface area contributed by atoms with Gasteiger partial charge in [-0.25, -0.2) is 4.79 Å². The van der Waals surface area contributed by atoms with E-state index in [-0.39, 0.29) is 25.7 Å². The van der Waals surface area contributed by atoms with Crippen LogP contribution in [0, 0.1) is 6.92 Å². The highest BCUT2D eigenvalue weighted by atomic mass is 32.2.